The Labute approximate surface area is 114 Å². The Morgan fingerprint density at radius 3 is 2.72 bits per heavy atom. The lowest BCUT2D eigenvalue weighted by molar-refractivity contribution is 0.575. The van der Waals surface area contributed by atoms with Gasteiger partial charge in [0.25, 0.3) is 0 Å². The van der Waals surface area contributed by atoms with Gasteiger partial charge in [0.1, 0.15) is 5.82 Å². The number of aromatic nitrogens is 2. The second-order valence-electron chi connectivity index (χ2n) is 4.59. The highest BCUT2D eigenvalue weighted by molar-refractivity contribution is 9.10. The molecule has 5 heteroatoms. The van der Waals surface area contributed by atoms with Gasteiger partial charge in [0, 0.05) is 5.92 Å². The van der Waals surface area contributed by atoms with Crippen molar-refractivity contribution in [2.24, 2.45) is 0 Å². The van der Waals surface area contributed by atoms with Crippen molar-refractivity contribution < 1.29 is 4.42 Å². The maximum Gasteiger partial charge on any atom is 0.197 e. The smallest absolute Gasteiger partial charge is 0.197 e. The summed E-state index contributed by atoms with van der Waals surface area (Å²) in [7, 11) is 0. The van der Waals surface area contributed by atoms with Gasteiger partial charge < -0.3 is 10.2 Å². The normalized spacial score (nSPS) is 16.3. The molecule has 1 aliphatic carbocycles. The summed E-state index contributed by atoms with van der Waals surface area (Å²) in [6.45, 7) is 0. The summed E-state index contributed by atoms with van der Waals surface area (Å²) in [5, 5.41) is 0. The van der Waals surface area contributed by atoms with Crippen LogP contribution in [0.4, 0.5) is 5.82 Å². The number of hydrogen-bond donors (Lipinski definition) is 1. The Hall–Kier alpha value is -1.36. The molecule has 0 radical (unpaired) electrons. The molecule has 2 aromatic rings. The average Bonchev–Trinajstić information content (AvgIpc) is 3.03. The fourth-order valence-electron chi connectivity index (χ4n) is 2.47. The van der Waals surface area contributed by atoms with Gasteiger partial charge in [-0.2, -0.15) is 0 Å². The standard InChI is InChI=1S/C13H14BrN3O/c14-10-11(8-4-1-2-5-8)16-13(17-12(10)15)9-6-3-7-18-9/h3,6-8H,1-2,4-5H2,(H2,15,16,17). The lowest BCUT2D eigenvalue weighted by Crippen LogP contribution is -2.05. The van der Waals surface area contributed by atoms with Crippen molar-refractivity contribution in [2.75, 3.05) is 5.73 Å². The van der Waals surface area contributed by atoms with Crippen molar-refractivity contribution in [3.05, 3.63) is 28.6 Å². The van der Waals surface area contributed by atoms with E-state index in [0.717, 1.165) is 10.2 Å². The maximum atomic E-state index is 5.96. The topological polar surface area (TPSA) is 64.9 Å². The van der Waals surface area contributed by atoms with Gasteiger partial charge in [-0.05, 0) is 40.9 Å². The zero-order valence-electron chi connectivity index (χ0n) is 9.90. The SMILES string of the molecule is Nc1nc(-c2ccco2)nc(C2CCCC2)c1Br. The van der Waals surface area contributed by atoms with Crippen LogP contribution in [-0.2, 0) is 0 Å². The summed E-state index contributed by atoms with van der Waals surface area (Å²) >= 11 is 3.51. The number of halogens is 1. The number of furan rings is 1. The summed E-state index contributed by atoms with van der Waals surface area (Å²) in [6.07, 6.45) is 6.49. The number of nitrogen functional groups attached to an aromatic ring is 1. The molecule has 0 unspecified atom stereocenters. The number of hydrogen-bond acceptors (Lipinski definition) is 4. The minimum absolute atomic E-state index is 0.485. The van der Waals surface area contributed by atoms with Crippen molar-refractivity contribution in [2.45, 2.75) is 31.6 Å². The average molecular weight is 308 g/mol. The molecule has 3 rings (SSSR count). The summed E-state index contributed by atoms with van der Waals surface area (Å²) in [5.74, 6) is 2.20. The second-order valence-corrected chi connectivity index (χ2v) is 5.38. The van der Waals surface area contributed by atoms with E-state index in [4.69, 9.17) is 10.2 Å². The molecule has 2 heterocycles. The largest absolute Gasteiger partial charge is 0.461 e. The van der Waals surface area contributed by atoms with Crippen LogP contribution < -0.4 is 5.73 Å². The van der Waals surface area contributed by atoms with Gasteiger partial charge in [-0.15, -0.1) is 0 Å². The Bertz CT molecular complexity index is 548. The van der Waals surface area contributed by atoms with E-state index in [1.807, 2.05) is 12.1 Å². The molecule has 2 aromatic heterocycles. The number of rotatable bonds is 2. The summed E-state index contributed by atoms with van der Waals surface area (Å²) in [4.78, 5) is 8.90. The minimum Gasteiger partial charge on any atom is -0.461 e. The molecular formula is C13H14BrN3O. The van der Waals surface area contributed by atoms with Gasteiger partial charge in [-0.3, -0.25) is 0 Å². The quantitative estimate of drug-likeness (QED) is 0.918. The van der Waals surface area contributed by atoms with Gasteiger partial charge in [-0.1, -0.05) is 12.8 Å². The molecule has 18 heavy (non-hydrogen) atoms. The molecule has 0 atom stereocenters. The van der Waals surface area contributed by atoms with Crippen molar-refractivity contribution >= 4 is 21.7 Å². The molecule has 0 aliphatic heterocycles. The van der Waals surface area contributed by atoms with Crippen LogP contribution >= 0.6 is 15.9 Å². The van der Waals surface area contributed by atoms with E-state index >= 15 is 0 Å². The van der Waals surface area contributed by atoms with E-state index in [9.17, 15) is 0 Å². The molecule has 0 spiro atoms. The third-order valence-corrected chi connectivity index (χ3v) is 4.20. The van der Waals surface area contributed by atoms with Gasteiger partial charge >= 0.3 is 0 Å². The predicted molar refractivity (Wildman–Crippen MR) is 73.1 cm³/mol. The van der Waals surface area contributed by atoms with Crippen LogP contribution in [0.15, 0.2) is 27.3 Å². The molecule has 2 N–H and O–H groups in total. The fourth-order valence-corrected chi connectivity index (χ4v) is 2.97. The molecule has 1 aliphatic rings. The molecule has 4 nitrogen and oxygen atoms in total. The van der Waals surface area contributed by atoms with E-state index in [1.165, 1.54) is 25.7 Å². The first kappa shape index (κ1) is 11.7. The van der Waals surface area contributed by atoms with Crippen molar-refractivity contribution in [3.8, 4) is 11.6 Å². The first-order valence-corrected chi connectivity index (χ1v) is 6.92. The molecule has 0 saturated heterocycles. The lowest BCUT2D eigenvalue weighted by atomic mass is 10.0. The van der Waals surface area contributed by atoms with Crippen molar-refractivity contribution in [1.82, 2.24) is 9.97 Å². The maximum absolute atomic E-state index is 5.96. The van der Waals surface area contributed by atoms with Crippen LogP contribution in [0.3, 0.4) is 0 Å². The highest BCUT2D eigenvalue weighted by atomic mass is 79.9. The number of nitrogens with zero attached hydrogens (tertiary/aromatic N) is 2. The van der Waals surface area contributed by atoms with Gasteiger partial charge in [0.2, 0.25) is 0 Å². The Balaban J connectivity index is 2.07. The predicted octanol–water partition coefficient (Wildman–Crippen LogP) is 3.74. The van der Waals surface area contributed by atoms with Crippen molar-refractivity contribution in [1.29, 1.82) is 0 Å². The van der Waals surface area contributed by atoms with Crippen LogP contribution in [0.1, 0.15) is 37.3 Å². The van der Waals surface area contributed by atoms with Crippen LogP contribution in [-0.4, -0.2) is 9.97 Å². The monoisotopic (exact) mass is 307 g/mol. The van der Waals surface area contributed by atoms with Crippen LogP contribution in [0.25, 0.3) is 11.6 Å². The number of anilines is 1. The highest BCUT2D eigenvalue weighted by Gasteiger charge is 2.23. The van der Waals surface area contributed by atoms with Gasteiger partial charge in [0.15, 0.2) is 11.6 Å². The molecule has 1 saturated carbocycles. The summed E-state index contributed by atoms with van der Waals surface area (Å²) in [5.41, 5.74) is 6.98. The van der Waals surface area contributed by atoms with Crippen LogP contribution in [0.2, 0.25) is 0 Å². The van der Waals surface area contributed by atoms with Crippen LogP contribution in [0, 0.1) is 0 Å². The van der Waals surface area contributed by atoms with E-state index in [0.29, 0.717) is 23.3 Å². The van der Waals surface area contributed by atoms with E-state index in [-0.39, 0.29) is 0 Å². The van der Waals surface area contributed by atoms with Crippen molar-refractivity contribution in [3.63, 3.8) is 0 Å². The zero-order valence-corrected chi connectivity index (χ0v) is 11.5. The zero-order chi connectivity index (χ0) is 12.5. The van der Waals surface area contributed by atoms with Gasteiger partial charge in [0.05, 0.1) is 16.4 Å². The summed E-state index contributed by atoms with van der Waals surface area (Å²) in [6, 6.07) is 3.67. The Morgan fingerprint density at radius 1 is 1.28 bits per heavy atom. The third-order valence-electron chi connectivity index (χ3n) is 3.39. The Morgan fingerprint density at radius 2 is 2.06 bits per heavy atom. The first-order chi connectivity index (χ1) is 8.75. The molecule has 1 fully saturated rings. The summed E-state index contributed by atoms with van der Waals surface area (Å²) < 4.78 is 6.17. The molecule has 94 valence electrons. The molecule has 0 aromatic carbocycles. The van der Waals surface area contributed by atoms with E-state index in [1.54, 1.807) is 6.26 Å². The van der Waals surface area contributed by atoms with E-state index < -0.39 is 0 Å². The second kappa shape index (κ2) is 4.72. The third kappa shape index (κ3) is 2.03. The first-order valence-electron chi connectivity index (χ1n) is 6.12. The fraction of sp³-hybridized carbons (Fsp3) is 0.385. The molecular weight excluding hydrogens is 294 g/mol. The van der Waals surface area contributed by atoms with Gasteiger partial charge in [-0.25, -0.2) is 9.97 Å². The molecule has 0 bridgehead atoms. The van der Waals surface area contributed by atoms with Crippen LogP contribution in [0.5, 0.6) is 0 Å². The molecule has 0 amide bonds. The highest BCUT2D eigenvalue weighted by Crippen LogP contribution is 2.38. The van der Waals surface area contributed by atoms with E-state index in [2.05, 4.69) is 25.9 Å². The Kier molecular flexibility index (Phi) is 3.07. The minimum atomic E-state index is 0.485. The lowest BCUT2D eigenvalue weighted by Gasteiger charge is -2.13. The number of nitrogens with two attached hydrogens (primary N) is 1.